The number of rotatable bonds is 3. The number of ether oxygens (including phenoxy) is 1. The number of halogens is 2. The van der Waals surface area contributed by atoms with E-state index in [0.717, 1.165) is 5.92 Å². The molecule has 2 aliphatic rings. The van der Waals surface area contributed by atoms with E-state index in [1.54, 1.807) is 13.0 Å². The molecule has 0 atom stereocenters. The Labute approximate surface area is 122 Å². The van der Waals surface area contributed by atoms with Crippen LogP contribution in [0, 0.1) is 5.92 Å². The second-order valence-corrected chi connectivity index (χ2v) is 5.42. The van der Waals surface area contributed by atoms with Gasteiger partial charge in [0, 0.05) is 0 Å². The quantitative estimate of drug-likeness (QED) is 0.848. The molecule has 1 aliphatic heterocycles. The van der Waals surface area contributed by atoms with Crippen molar-refractivity contribution in [1.29, 1.82) is 0 Å². The maximum absolute atomic E-state index is 12.6. The molecule has 6 heteroatoms. The lowest BCUT2D eigenvalue weighted by atomic mass is 10.1. The van der Waals surface area contributed by atoms with Gasteiger partial charge in [0.2, 0.25) is 5.88 Å². The van der Waals surface area contributed by atoms with Gasteiger partial charge in [0.05, 0.1) is 12.0 Å². The number of hydrogen-bond acceptors (Lipinski definition) is 3. The molecule has 0 aromatic carbocycles. The number of nitrogens with one attached hydrogen (secondary N) is 1. The molecule has 1 aromatic rings. The van der Waals surface area contributed by atoms with Crippen molar-refractivity contribution in [2.75, 3.05) is 0 Å². The fraction of sp³-hybridized carbons (Fsp3) is 0.600. The molecule has 0 saturated heterocycles. The zero-order valence-corrected chi connectivity index (χ0v) is 12.3. The van der Waals surface area contributed by atoms with E-state index in [1.807, 2.05) is 0 Å². The lowest BCUT2D eigenvalue weighted by Gasteiger charge is -2.01. The van der Waals surface area contributed by atoms with Crippen LogP contribution in [0.5, 0.6) is 5.88 Å². The number of nitrogens with zero attached hydrogens (tertiary/aromatic N) is 1. The Balaban J connectivity index is 0.000000225. The summed E-state index contributed by atoms with van der Waals surface area (Å²) in [5.74, 6) is 0.581. The molecule has 0 bridgehead atoms. The SMILES string of the molecule is CC1=CCC(=O)Oc2n[nH]c(C(F)F)c21.CCCC1CC1. The van der Waals surface area contributed by atoms with Gasteiger partial charge in [-0.25, -0.2) is 8.78 Å². The van der Waals surface area contributed by atoms with Crippen molar-refractivity contribution in [3.05, 3.63) is 17.3 Å². The second kappa shape index (κ2) is 6.83. The minimum absolute atomic E-state index is 0.0680. The summed E-state index contributed by atoms with van der Waals surface area (Å²) in [5.41, 5.74) is 0.448. The average Bonchev–Trinajstić information content (AvgIpc) is 3.17. The van der Waals surface area contributed by atoms with Crippen molar-refractivity contribution in [2.24, 2.45) is 5.92 Å². The van der Waals surface area contributed by atoms with Crippen LogP contribution < -0.4 is 4.74 Å². The van der Waals surface area contributed by atoms with E-state index >= 15 is 0 Å². The average molecular weight is 298 g/mol. The van der Waals surface area contributed by atoms with Crippen LogP contribution in [0.1, 0.15) is 63.6 Å². The Hall–Kier alpha value is -1.72. The number of esters is 1. The first kappa shape index (κ1) is 15.7. The minimum Gasteiger partial charge on any atom is -0.405 e. The standard InChI is InChI=1S/C9H8F2N2O2.C6H12/c1-4-2-3-5(14)15-9-6(4)7(8(10)11)12-13-9;1-2-3-6-4-5-6/h2,8H,3H2,1H3,(H,12,13);6H,2-5H2,1H3. The van der Waals surface area contributed by atoms with E-state index in [2.05, 4.69) is 17.1 Å². The lowest BCUT2D eigenvalue weighted by Crippen LogP contribution is -2.05. The van der Waals surface area contributed by atoms with Crippen molar-refractivity contribution in [2.45, 2.75) is 52.4 Å². The van der Waals surface area contributed by atoms with Gasteiger partial charge in [0.25, 0.3) is 6.43 Å². The number of hydrogen-bond donors (Lipinski definition) is 1. The molecule has 0 radical (unpaired) electrons. The monoisotopic (exact) mass is 298 g/mol. The highest BCUT2D eigenvalue weighted by Crippen LogP contribution is 2.35. The summed E-state index contributed by atoms with van der Waals surface area (Å²) in [6.45, 7) is 3.90. The zero-order chi connectivity index (χ0) is 15.4. The molecule has 1 N–H and O–H groups in total. The van der Waals surface area contributed by atoms with Gasteiger partial charge in [-0.2, -0.15) is 0 Å². The zero-order valence-electron chi connectivity index (χ0n) is 12.3. The molecule has 1 fully saturated rings. The minimum atomic E-state index is -2.67. The highest BCUT2D eigenvalue weighted by molar-refractivity contribution is 5.82. The predicted octanol–water partition coefficient (Wildman–Crippen LogP) is 4.26. The van der Waals surface area contributed by atoms with Crippen LogP contribution in [0.15, 0.2) is 6.08 Å². The second-order valence-electron chi connectivity index (χ2n) is 5.42. The molecular formula is C15H20F2N2O2. The molecular weight excluding hydrogens is 278 g/mol. The van der Waals surface area contributed by atoms with Crippen molar-refractivity contribution >= 4 is 11.5 Å². The van der Waals surface area contributed by atoms with Gasteiger partial charge in [-0.05, 0) is 18.4 Å². The first-order valence-electron chi connectivity index (χ1n) is 7.27. The third-order valence-electron chi connectivity index (χ3n) is 3.55. The Morgan fingerprint density at radius 2 is 2.19 bits per heavy atom. The molecule has 21 heavy (non-hydrogen) atoms. The number of fused-ring (bicyclic) bond motifs is 1. The Morgan fingerprint density at radius 1 is 1.48 bits per heavy atom. The van der Waals surface area contributed by atoms with Gasteiger partial charge in [-0.15, -0.1) is 5.10 Å². The van der Waals surface area contributed by atoms with Crippen LogP contribution in [0.3, 0.4) is 0 Å². The van der Waals surface area contributed by atoms with Crippen molar-refractivity contribution in [3.63, 3.8) is 0 Å². The molecule has 1 saturated carbocycles. The number of carbonyl (C=O) groups is 1. The van der Waals surface area contributed by atoms with Crippen LogP contribution in [0.4, 0.5) is 8.78 Å². The van der Waals surface area contributed by atoms with Crippen LogP contribution in [-0.4, -0.2) is 16.2 Å². The van der Waals surface area contributed by atoms with Gasteiger partial charge in [0.15, 0.2) is 0 Å². The topological polar surface area (TPSA) is 55.0 Å². The lowest BCUT2D eigenvalue weighted by molar-refractivity contribution is -0.133. The maximum Gasteiger partial charge on any atom is 0.316 e. The van der Waals surface area contributed by atoms with Gasteiger partial charge < -0.3 is 4.74 Å². The van der Waals surface area contributed by atoms with Gasteiger partial charge >= 0.3 is 5.97 Å². The van der Waals surface area contributed by atoms with E-state index in [4.69, 9.17) is 4.74 Å². The molecule has 0 amide bonds. The molecule has 0 spiro atoms. The Morgan fingerprint density at radius 3 is 2.71 bits per heavy atom. The summed E-state index contributed by atoms with van der Waals surface area (Å²) >= 11 is 0. The van der Waals surface area contributed by atoms with Crippen LogP contribution in [-0.2, 0) is 4.79 Å². The number of carbonyl (C=O) groups excluding carboxylic acids is 1. The highest BCUT2D eigenvalue weighted by atomic mass is 19.3. The number of aromatic nitrogens is 2. The highest BCUT2D eigenvalue weighted by Gasteiger charge is 2.25. The van der Waals surface area contributed by atoms with Crippen molar-refractivity contribution < 1.29 is 18.3 Å². The molecule has 1 aliphatic carbocycles. The number of aromatic amines is 1. The molecule has 116 valence electrons. The van der Waals surface area contributed by atoms with E-state index in [1.165, 1.54) is 25.7 Å². The van der Waals surface area contributed by atoms with Crippen LogP contribution in [0.25, 0.3) is 5.57 Å². The summed E-state index contributed by atoms with van der Waals surface area (Å²) in [7, 11) is 0. The molecule has 1 aromatic heterocycles. The molecule has 2 heterocycles. The van der Waals surface area contributed by atoms with Crippen molar-refractivity contribution in [3.8, 4) is 5.88 Å². The van der Waals surface area contributed by atoms with Crippen LogP contribution in [0.2, 0.25) is 0 Å². The Bertz CT molecular complexity index is 534. The first-order valence-corrected chi connectivity index (χ1v) is 7.27. The summed E-state index contributed by atoms with van der Waals surface area (Å²) in [6, 6.07) is 0. The van der Waals surface area contributed by atoms with E-state index < -0.39 is 12.4 Å². The van der Waals surface area contributed by atoms with Gasteiger partial charge in [-0.3, -0.25) is 9.89 Å². The summed E-state index contributed by atoms with van der Waals surface area (Å²) < 4.78 is 29.9. The van der Waals surface area contributed by atoms with E-state index in [-0.39, 0.29) is 23.6 Å². The fourth-order valence-electron chi connectivity index (χ4n) is 2.25. The predicted molar refractivity (Wildman–Crippen MR) is 75.1 cm³/mol. The smallest absolute Gasteiger partial charge is 0.316 e. The van der Waals surface area contributed by atoms with Crippen molar-refractivity contribution in [1.82, 2.24) is 10.2 Å². The van der Waals surface area contributed by atoms with E-state index in [0.29, 0.717) is 5.57 Å². The fourth-order valence-corrected chi connectivity index (χ4v) is 2.25. The van der Waals surface area contributed by atoms with Crippen LogP contribution >= 0.6 is 0 Å². The van der Waals surface area contributed by atoms with E-state index in [9.17, 15) is 13.6 Å². The third kappa shape index (κ3) is 4.12. The van der Waals surface area contributed by atoms with Gasteiger partial charge in [-0.1, -0.05) is 38.7 Å². The summed E-state index contributed by atoms with van der Waals surface area (Å²) in [5, 5.41) is 5.73. The van der Waals surface area contributed by atoms with Gasteiger partial charge in [0.1, 0.15) is 5.69 Å². The first-order chi connectivity index (χ1) is 10.0. The molecule has 3 rings (SSSR count). The maximum atomic E-state index is 12.6. The summed E-state index contributed by atoms with van der Waals surface area (Å²) in [4.78, 5) is 11.1. The molecule has 4 nitrogen and oxygen atoms in total. The number of alkyl halides is 2. The number of allylic oxidation sites excluding steroid dienone is 1. The Kier molecular flexibility index (Phi) is 5.09. The summed E-state index contributed by atoms with van der Waals surface area (Å²) in [6.07, 6.45) is 4.88. The molecule has 0 unspecified atom stereocenters. The largest absolute Gasteiger partial charge is 0.405 e. The third-order valence-corrected chi connectivity index (χ3v) is 3.55. The normalized spacial score (nSPS) is 17.4. The number of H-pyrrole nitrogens is 1.